The van der Waals surface area contributed by atoms with Crippen LogP contribution in [0.4, 0.5) is 0 Å². The molecule has 20 heavy (non-hydrogen) atoms. The first-order valence-electron chi connectivity index (χ1n) is 6.60. The molecule has 0 aromatic heterocycles. The molecule has 0 radical (unpaired) electrons. The maximum absolute atomic E-state index is 9.72. The molecule has 1 rings (SSSR count). The van der Waals surface area contributed by atoms with E-state index < -0.39 is 6.10 Å². The molecule has 0 amide bonds. The number of nitrogens with one attached hydrogen (secondary N) is 1. The first-order chi connectivity index (χ1) is 9.76. The maximum atomic E-state index is 9.72. The quantitative estimate of drug-likeness (QED) is 0.498. The van der Waals surface area contributed by atoms with Crippen molar-refractivity contribution >= 4 is 0 Å². The third-order valence-corrected chi connectivity index (χ3v) is 2.54. The minimum absolute atomic E-state index is 0.0261. The van der Waals surface area contributed by atoms with Gasteiger partial charge in [-0.15, -0.1) is 0 Å². The van der Waals surface area contributed by atoms with Crippen LogP contribution in [0, 0.1) is 0 Å². The first kappa shape index (κ1) is 16.7. The van der Waals surface area contributed by atoms with Gasteiger partial charge in [0.1, 0.15) is 24.2 Å². The number of hydrogen-bond donors (Lipinski definition) is 3. The molecule has 6 heteroatoms. The smallest absolute Gasteiger partial charge is 0.119 e. The van der Waals surface area contributed by atoms with Gasteiger partial charge in [0.2, 0.25) is 0 Å². The zero-order chi connectivity index (χ0) is 14.6. The fourth-order valence-corrected chi connectivity index (χ4v) is 1.50. The highest BCUT2D eigenvalue weighted by Gasteiger charge is 2.04. The van der Waals surface area contributed by atoms with E-state index in [1.54, 1.807) is 31.4 Å². The van der Waals surface area contributed by atoms with E-state index in [2.05, 4.69) is 5.32 Å². The van der Waals surface area contributed by atoms with Crippen LogP contribution in [0.1, 0.15) is 0 Å². The summed E-state index contributed by atoms with van der Waals surface area (Å²) in [4.78, 5) is 0. The lowest BCUT2D eigenvalue weighted by atomic mass is 10.3. The molecule has 1 atom stereocenters. The van der Waals surface area contributed by atoms with Gasteiger partial charge in [0.15, 0.2) is 0 Å². The van der Waals surface area contributed by atoms with Crippen LogP contribution in [0.15, 0.2) is 24.3 Å². The lowest BCUT2D eigenvalue weighted by Crippen LogP contribution is -2.33. The Kier molecular flexibility index (Phi) is 8.73. The van der Waals surface area contributed by atoms with Gasteiger partial charge in [0.25, 0.3) is 0 Å². The summed E-state index contributed by atoms with van der Waals surface area (Å²) in [7, 11) is 1.61. The lowest BCUT2D eigenvalue weighted by molar-refractivity contribution is 0.0842. The minimum atomic E-state index is -0.588. The van der Waals surface area contributed by atoms with Crippen molar-refractivity contribution in [3.05, 3.63) is 24.3 Å². The Morgan fingerprint density at radius 1 is 1.15 bits per heavy atom. The van der Waals surface area contributed by atoms with Crippen LogP contribution in [0.3, 0.4) is 0 Å². The van der Waals surface area contributed by atoms with Gasteiger partial charge in [-0.1, -0.05) is 0 Å². The van der Waals surface area contributed by atoms with Crippen molar-refractivity contribution in [3.8, 4) is 11.5 Å². The SMILES string of the molecule is COc1ccc(OCC(O)CNCCOCCO)cc1. The first-order valence-corrected chi connectivity index (χ1v) is 6.60. The highest BCUT2D eigenvalue weighted by molar-refractivity contribution is 5.31. The standard InChI is InChI=1S/C14H23NO5/c1-18-13-2-4-14(5-3-13)20-11-12(17)10-15-6-8-19-9-7-16/h2-5,12,15-17H,6-11H2,1H3. The Hall–Kier alpha value is -1.34. The fraction of sp³-hybridized carbons (Fsp3) is 0.571. The molecule has 0 spiro atoms. The molecule has 6 nitrogen and oxygen atoms in total. The topological polar surface area (TPSA) is 80.2 Å². The van der Waals surface area contributed by atoms with E-state index in [9.17, 15) is 5.11 Å². The molecule has 0 aliphatic heterocycles. The molecule has 0 aliphatic carbocycles. The Labute approximate surface area is 119 Å². The molecule has 0 saturated heterocycles. The van der Waals surface area contributed by atoms with Crippen LogP contribution in [0.2, 0.25) is 0 Å². The fourth-order valence-electron chi connectivity index (χ4n) is 1.50. The van der Waals surface area contributed by atoms with E-state index in [-0.39, 0.29) is 13.2 Å². The number of aliphatic hydroxyl groups is 2. The minimum Gasteiger partial charge on any atom is -0.497 e. The maximum Gasteiger partial charge on any atom is 0.119 e. The van der Waals surface area contributed by atoms with Crippen LogP contribution < -0.4 is 14.8 Å². The molecule has 0 aliphatic rings. The van der Waals surface area contributed by atoms with Crippen molar-refractivity contribution in [2.45, 2.75) is 6.10 Å². The molecule has 114 valence electrons. The molecule has 1 aromatic rings. The van der Waals surface area contributed by atoms with Gasteiger partial charge in [0, 0.05) is 13.1 Å². The molecule has 0 fully saturated rings. The average Bonchev–Trinajstić information content (AvgIpc) is 2.49. The third kappa shape index (κ3) is 7.30. The highest BCUT2D eigenvalue weighted by atomic mass is 16.5. The van der Waals surface area contributed by atoms with Crippen LogP contribution in [-0.2, 0) is 4.74 Å². The summed E-state index contributed by atoms with van der Waals surface area (Å²) in [6.45, 7) is 2.14. The van der Waals surface area contributed by atoms with Gasteiger partial charge in [0.05, 0.1) is 26.9 Å². The second kappa shape index (κ2) is 10.4. The molecule has 1 aromatic carbocycles. The van der Waals surface area contributed by atoms with Gasteiger partial charge in [-0.2, -0.15) is 0 Å². The van der Waals surface area contributed by atoms with E-state index in [0.717, 1.165) is 5.75 Å². The number of hydrogen-bond acceptors (Lipinski definition) is 6. The van der Waals surface area contributed by atoms with E-state index >= 15 is 0 Å². The summed E-state index contributed by atoms with van der Waals surface area (Å²) >= 11 is 0. The van der Waals surface area contributed by atoms with Crippen LogP contribution in [0.5, 0.6) is 11.5 Å². The zero-order valence-corrected chi connectivity index (χ0v) is 11.7. The molecule has 3 N–H and O–H groups in total. The van der Waals surface area contributed by atoms with Gasteiger partial charge >= 0.3 is 0 Å². The Morgan fingerprint density at radius 3 is 2.50 bits per heavy atom. The lowest BCUT2D eigenvalue weighted by Gasteiger charge is -2.13. The average molecular weight is 285 g/mol. The van der Waals surface area contributed by atoms with E-state index in [0.29, 0.717) is 32.1 Å². The molecule has 0 saturated carbocycles. The molecular weight excluding hydrogens is 262 g/mol. The number of rotatable bonds is 11. The molecule has 1 unspecified atom stereocenters. The van der Waals surface area contributed by atoms with Crippen LogP contribution in [-0.4, -0.2) is 62.9 Å². The van der Waals surface area contributed by atoms with Crippen molar-refractivity contribution in [1.82, 2.24) is 5.32 Å². The summed E-state index contributed by atoms with van der Waals surface area (Å²) in [5, 5.41) is 21.3. The summed E-state index contributed by atoms with van der Waals surface area (Å²) in [6.07, 6.45) is -0.588. The second-order valence-electron chi connectivity index (χ2n) is 4.18. The van der Waals surface area contributed by atoms with Gasteiger partial charge < -0.3 is 29.7 Å². The largest absolute Gasteiger partial charge is 0.497 e. The predicted molar refractivity (Wildman–Crippen MR) is 75.3 cm³/mol. The van der Waals surface area contributed by atoms with E-state index in [1.165, 1.54) is 0 Å². The van der Waals surface area contributed by atoms with E-state index in [4.69, 9.17) is 19.3 Å². The van der Waals surface area contributed by atoms with Gasteiger partial charge in [-0.25, -0.2) is 0 Å². The number of benzene rings is 1. The Morgan fingerprint density at radius 2 is 1.85 bits per heavy atom. The predicted octanol–water partition coefficient (Wildman–Crippen LogP) is 0.0334. The van der Waals surface area contributed by atoms with Crippen molar-refractivity contribution in [1.29, 1.82) is 0 Å². The van der Waals surface area contributed by atoms with Crippen molar-refractivity contribution in [2.24, 2.45) is 0 Å². The summed E-state index contributed by atoms with van der Waals surface area (Å²) < 4.78 is 15.6. The van der Waals surface area contributed by atoms with Crippen LogP contribution in [0.25, 0.3) is 0 Å². The third-order valence-electron chi connectivity index (χ3n) is 2.54. The molecule has 0 bridgehead atoms. The Bertz CT molecular complexity index is 344. The molecule has 0 heterocycles. The summed E-state index contributed by atoms with van der Waals surface area (Å²) in [5.41, 5.74) is 0. The number of methoxy groups -OCH3 is 1. The number of aliphatic hydroxyl groups excluding tert-OH is 2. The summed E-state index contributed by atoms with van der Waals surface area (Å²) in [6, 6.07) is 7.19. The zero-order valence-electron chi connectivity index (χ0n) is 11.7. The number of ether oxygens (including phenoxy) is 3. The highest BCUT2D eigenvalue weighted by Crippen LogP contribution is 2.16. The Balaban J connectivity index is 2.08. The van der Waals surface area contributed by atoms with Gasteiger partial charge in [-0.3, -0.25) is 0 Å². The second-order valence-corrected chi connectivity index (χ2v) is 4.18. The monoisotopic (exact) mass is 285 g/mol. The van der Waals surface area contributed by atoms with Gasteiger partial charge in [-0.05, 0) is 24.3 Å². The van der Waals surface area contributed by atoms with Crippen molar-refractivity contribution in [2.75, 3.05) is 46.6 Å². The van der Waals surface area contributed by atoms with Crippen LogP contribution >= 0.6 is 0 Å². The van der Waals surface area contributed by atoms with Crippen molar-refractivity contribution in [3.63, 3.8) is 0 Å². The molecular formula is C14H23NO5. The van der Waals surface area contributed by atoms with E-state index in [1.807, 2.05) is 0 Å². The summed E-state index contributed by atoms with van der Waals surface area (Å²) in [5.74, 6) is 1.46. The normalized spacial score (nSPS) is 12.2. The van der Waals surface area contributed by atoms with Crippen molar-refractivity contribution < 1.29 is 24.4 Å².